The molecule has 0 bridgehead atoms. The molecule has 0 amide bonds. The second-order valence-corrected chi connectivity index (χ2v) is 3.45. The standard InChI is InChI=1S/C9H19N.H2/c1-7(2)6-10-9(5)8(3)4;/h7-8,10H,5-6H2,1-4H3;1H. The van der Waals surface area contributed by atoms with Gasteiger partial charge >= 0.3 is 0 Å². The number of allylic oxidation sites excluding steroid dienone is 1. The van der Waals surface area contributed by atoms with E-state index in [1.54, 1.807) is 0 Å². The van der Waals surface area contributed by atoms with Crippen LogP contribution in [-0.2, 0) is 0 Å². The van der Waals surface area contributed by atoms with Gasteiger partial charge in [-0.05, 0) is 11.8 Å². The van der Waals surface area contributed by atoms with E-state index in [0.717, 1.165) is 12.2 Å². The molecule has 0 radical (unpaired) electrons. The maximum atomic E-state index is 3.92. The molecule has 1 N–H and O–H groups in total. The predicted molar refractivity (Wildman–Crippen MR) is 48.9 cm³/mol. The third kappa shape index (κ3) is 4.42. The fourth-order valence-corrected chi connectivity index (χ4v) is 0.539. The lowest BCUT2D eigenvalue weighted by atomic mass is 10.1. The van der Waals surface area contributed by atoms with Crippen LogP contribution in [0.3, 0.4) is 0 Å². The first-order valence-electron chi connectivity index (χ1n) is 3.96. The van der Waals surface area contributed by atoms with Gasteiger partial charge in [0.05, 0.1) is 0 Å². The van der Waals surface area contributed by atoms with E-state index in [1.807, 2.05) is 0 Å². The van der Waals surface area contributed by atoms with Crippen molar-refractivity contribution in [2.75, 3.05) is 6.54 Å². The monoisotopic (exact) mass is 143 g/mol. The molecule has 0 saturated carbocycles. The molecule has 0 heterocycles. The number of hydrogen-bond donors (Lipinski definition) is 1. The Labute approximate surface area is 66.0 Å². The van der Waals surface area contributed by atoms with Crippen molar-refractivity contribution < 1.29 is 1.43 Å². The van der Waals surface area contributed by atoms with Crippen LogP contribution in [-0.4, -0.2) is 6.54 Å². The van der Waals surface area contributed by atoms with Gasteiger partial charge in [-0.2, -0.15) is 0 Å². The Hall–Kier alpha value is -0.460. The molecule has 0 fully saturated rings. The lowest BCUT2D eigenvalue weighted by Gasteiger charge is -2.13. The van der Waals surface area contributed by atoms with Gasteiger partial charge in [-0.3, -0.25) is 0 Å². The summed E-state index contributed by atoms with van der Waals surface area (Å²) in [4.78, 5) is 0. The smallest absolute Gasteiger partial charge is 0.0166 e. The molecule has 0 aliphatic heterocycles. The van der Waals surface area contributed by atoms with Crippen LogP contribution >= 0.6 is 0 Å². The number of rotatable bonds is 4. The van der Waals surface area contributed by atoms with Gasteiger partial charge in [-0.1, -0.05) is 34.3 Å². The zero-order valence-electron chi connectivity index (χ0n) is 7.57. The van der Waals surface area contributed by atoms with E-state index in [4.69, 9.17) is 0 Å². The summed E-state index contributed by atoms with van der Waals surface area (Å²) in [6.07, 6.45) is 0. The summed E-state index contributed by atoms with van der Waals surface area (Å²) < 4.78 is 0. The maximum Gasteiger partial charge on any atom is 0.0166 e. The summed E-state index contributed by atoms with van der Waals surface area (Å²) in [7, 11) is 0. The van der Waals surface area contributed by atoms with E-state index in [2.05, 4.69) is 39.6 Å². The van der Waals surface area contributed by atoms with Crippen LogP contribution in [0.1, 0.15) is 29.1 Å². The Kier molecular flexibility index (Phi) is 4.17. The zero-order chi connectivity index (χ0) is 8.15. The van der Waals surface area contributed by atoms with Gasteiger partial charge in [0, 0.05) is 13.7 Å². The normalized spacial score (nSPS) is 10.6. The van der Waals surface area contributed by atoms with Crippen LogP contribution in [0, 0.1) is 11.8 Å². The van der Waals surface area contributed by atoms with Gasteiger partial charge in [0.2, 0.25) is 0 Å². The minimum absolute atomic E-state index is 0. The van der Waals surface area contributed by atoms with Crippen molar-refractivity contribution in [2.45, 2.75) is 27.7 Å². The molecule has 1 heteroatoms. The Bertz CT molecular complexity index is 108. The summed E-state index contributed by atoms with van der Waals surface area (Å²) in [5.74, 6) is 1.26. The van der Waals surface area contributed by atoms with Crippen LogP contribution in [0.2, 0.25) is 0 Å². The van der Waals surface area contributed by atoms with Crippen molar-refractivity contribution in [3.05, 3.63) is 12.3 Å². The van der Waals surface area contributed by atoms with Crippen molar-refractivity contribution >= 4 is 0 Å². The highest BCUT2D eigenvalue weighted by molar-refractivity contribution is 4.94. The quantitative estimate of drug-likeness (QED) is 0.638. The van der Waals surface area contributed by atoms with Crippen molar-refractivity contribution in [2.24, 2.45) is 11.8 Å². The highest BCUT2D eigenvalue weighted by Gasteiger charge is 1.99. The van der Waals surface area contributed by atoms with Crippen LogP contribution < -0.4 is 5.32 Å². The molecule has 0 rings (SSSR count). The summed E-state index contributed by atoms with van der Waals surface area (Å²) in [6, 6.07) is 0. The molecule has 0 aliphatic carbocycles. The largest absolute Gasteiger partial charge is 0.388 e. The molecular formula is C9H21N. The van der Waals surface area contributed by atoms with Gasteiger partial charge in [0.25, 0.3) is 0 Å². The predicted octanol–water partition coefficient (Wildman–Crippen LogP) is 2.65. The molecule has 0 aromatic rings. The maximum absolute atomic E-state index is 3.92. The fraction of sp³-hybridized carbons (Fsp3) is 0.778. The van der Waals surface area contributed by atoms with E-state index < -0.39 is 0 Å². The summed E-state index contributed by atoms with van der Waals surface area (Å²) >= 11 is 0. The molecule has 10 heavy (non-hydrogen) atoms. The number of nitrogens with one attached hydrogen (secondary N) is 1. The van der Waals surface area contributed by atoms with Crippen molar-refractivity contribution in [1.82, 2.24) is 5.32 Å². The van der Waals surface area contributed by atoms with Gasteiger partial charge < -0.3 is 5.32 Å². The highest BCUT2D eigenvalue weighted by Crippen LogP contribution is 2.02. The summed E-state index contributed by atoms with van der Waals surface area (Å²) in [5.41, 5.74) is 1.15. The molecular weight excluding hydrogens is 122 g/mol. The van der Waals surface area contributed by atoms with Crippen molar-refractivity contribution in [3.63, 3.8) is 0 Å². The third-order valence-electron chi connectivity index (χ3n) is 1.43. The van der Waals surface area contributed by atoms with Crippen molar-refractivity contribution in [1.29, 1.82) is 0 Å². The van der Waals surface area contributed by atoms with Crippen LogP contribution in [0.25, 0.3) is 0 Å². The second kappa shape index (κ2) is 4.37. The molecule has 1 nitrogen and oxygen atoms in total. The lowest BCUT2D eigenvalue weighted by Crippen LogP contribution is -2.21. The Morgan fingerprint density at radius 2 is 1.90 bits per heavy atom. The minimum Gasteiger partial charge on any atom is -0.388 e. The third-order valence-corrected chi connectivity index (χ3v) is 1.43. The van der Waals surface area contributed by atoms with E-state index >= 15 is 0 Å². The van der Waals surface area contributed by atoms with E-state index in [-0.39, 0.29) is 1.43 Å². The Morgan fingerprint density at radius 1 is 1.40 bits per heavy atom. The van der Waals surface area contributed by atoms with Gasteiger partial charge in [0.1, 0.15) is 0 Å². The molecule has 0 atom stereocenters. The van der Waals surface area contributed by atoms with Crippen LogP contribution in [0.4, 0.5) is 0 Å². The second-order valence-electron chi connectivity index (χ2n) is 3.45. The van der Waals surface area contributed by atoms with E-state index in [1.165, 1.54) is 0 Å². The zero-order valence-corrected chi connectivity index (χ0v) is 7.57. The van der Waals surface area contributed by atoms with Gasteiger partial charge in [0.15, 0.2) is 0 Å². The molecule has 0 spiro atoms. The van der Waals surface area contributed by atoms with E-state index in [0.29, 0.717) is 11.8 Å². The van der Waals surface area contributed by atoms with Crippen LogP contribution in [0.5, 0.6) is 0 Å². The molecule has 0 aromatic carbocycles. The fourth-order valence-electron chi connectivity index (χ4n) is 0.539. The SMILES string of the molecule is C=C(NCC(C)C)C(C)C.[HH]. The van der Waals surface area contributed by atoms with Gasteiger partial charge in [-0.15, -0.1) is 0 Å². The van der Waals surface area contributed by atoms with Gasteiger partial charge in [-0.25, -0.2) is 0 Å². The average Bonchev–Trinajstić information content (AvgIpc) is 1.82. The summed E-state index contributed by atoms with van der Waals surface area (Å²) in [6.45, 7) is 13.6. The first-order valence-corrected chi connectivity index (χ1v) is 3.96. The minimum atomic E-state index is 0. The average molecular weight is 143 g/mol. The van der Waals surface area contributed by atoms with Crippen molar-refractivity contribution in [3.8, 4) is 0 Å². The first kappa shape index (κ1) is 9.54. The first-order chi connectivity index (χ1) is 4.54. The summed E-state index contributed by atoms with van der Waals surface area (Å²) in [5, 5.41) is 3.29. The topological polar surface area (TPSA) is 12.0 Å². The van der Waals surface area contributed by atoms with E-state index in [9.17, 15) is 0 Å². The molecule has 62 valence electrons. The number of hydrogen-bond acceptors (Lipinski definition) is 1. The lowest BCUT2D eigenvalue weighted by molar-refractivity contribution is 0.560. The molecule has 0 aromatic heterocycles. The van der Waals surface area contributed by atoms with Crippen LogP contribution in [0.15, 0.2) is 12.3 Å². The Morgan fingerprint density at radius 3 is 2.20 bits per heavy atom. The molecule has 0 unspecified atom stereocenters. The molecule has 0 saturated heterocycles. The highest BCUT2D eigenvalue weighted by atomic mass is 14.9. The Balaban J connectivity index is 0. The molecule has 0 aliphatic rings.